The maximum Gasteiger partial charge on any atom is 0.273 e. The normalized spacial score (nSPS) is 16.1. The lowest BCUT2D eigenvalue weighted by atomic mass is 10.1. The minimum absolute atomic E-state index is 0.0932. The molecule has 146 valence electrons. The highest BCUT2D eigenvalue weighted by Gasteiger charge is 2.32. The summed E-state index contributed by atoms with van der Waals surface area (Å²) in [5.74, 6) is 0.197. The minimum atomic E-state index is -0.515. The number of amides is 2. The van der Waals surface area contributed by atoms with Crippen molar-refractivity contribution in [3.05, 3.63) is 63.7 Å². The Hall–Kier alpha value is -3.42. The molecule has 28 heavy (non-hydrogen) atoms. The quantitative estimate of drug-likeness (QED) is 0.610. The zero-order valence-corrected chi connectivity index (χ0v) is 15.7. The third-order valence-electron chi connectivity index (χ3n) is 4.59. The highest BCUT2D eigenvalue weighted by molar-refractivity contribution is 5.99. The van der Waals surface area contributed by atoms with E-state index in [1.807, 2.05) is 6.92 Å². The van der Waals surface area contributed by atoms with Gasteiger partial charge in [0.05, 0.1) is 17.6 Å². The molecule has 2 aromatic carbocycles. The van der Waals surface area contributed by atoms with Gasteiger partial charge in [-0.3, -0.25) is 19.7 Å². The Morgan fingerprint density at radius 2 is 2.00 bits per heavy atom. The molecule has 0 bridgehead atoms. The van der Waals surface area contributed by atoms with Crippen LogP contribution in [0, 0.1) is 17.0 Å². The molecule has 0 aromatic heterocycles. The van der Waals surface area contributed by atoms with Crippen molar-refractivity contribution >= 4 is 23.2 Å². The van der Waals surface area contributed by atoms with E-state index in [0.717, 1.165) is 11.4 Å². The van der Waals surface area contributed by atoms with E-state index in [9.17, 15) is 19.7 Å². The first-order valence-electron chi connectivity index (χ1n) is 8.98. The average molecular weight is 383 g/mol. The van der Waals surface area contributed by atoms with E-state index in [4.69, 9.17) is 4.74 Å². The third-order valence-corrected chi connectivity index (χ3v) is 4.59. The summed E-state index contributed by atoms with van der Waals surface area (Å²) in [7, 11) is 0. The lowest BCUT2D eigenvalue weighted by Gasteiger charge is -2.18. The number of carbonyl (C=O) groups is 2. The highest BCUT2D eigenvalue weighted by atomic mass is 16.6. The predicted octanol–water partition coefficient (Wildman–Crippen LogP) is 2.84. The maximum atomic E-state index is 12.5. The minimum Gasteiger partial charge on any atom is -0.494 e. The number of benzene rings is 2. The fourth-order valence-corrected chi connectivity index (χ4v) is 3.16. The van der Waals surface area contributed by atoms with Gasteiger partial charge in [0.15, 0.2) is 0 Å². The number of carbonyl (C=O) groups excluding carboxylic acids is 2. The van der Waals surface area contributed by atoms with E-state index in [1.54, 1.807) is 48.2 Å². The summed E-state index contributed by atoms with van der Waals surface area (Å²) in [6, 6.07) is 11.2. The SMILES string of the molecule is CCOc1ccc(N2C[C@@H](NC(=O)c3ccc(C)c([N+](=O)[O-])c3)CC2=O)cc1. The number of nitrogens with zero attached hydrogens (tertiary/aromatic N) is 2. The summed E-state index contributed by atoms with van der Waals surface area (Å²) in [6.07, 6.45) is 0.174. The molecule has 0 spiro atoms. The number of ether oxygens (including phenoxy) is 1. The maximum absolute atomic E-state index is 12.5. The second kappa shape index (κ2) is 8.08. The Morgan fingerprint density at radius 1 is 1.29 bits per heavy atom. The van der Waals surface area contributed by atoms with Gasteiger partial charge >= 0.3 is 0 Å². The topological polar surface area (TPSA) is 102 Å². The van der Waals surface area contributed by atoms with Crippen molar-refractivity contribution in [3.63, 3.8) is 0 Å². The molecule has 0 unspecified atom stereocenters. The molecule has 8 nitrogen and oxygen atoms in total. The van der Waals surface area contributed by atoms with Crippen LogP contribution in [0.25, 0.3) is 0 Å². The second-order valence-corrected chi connectivity index (χ2v) is 6.56. The summed E-state index contributed by atoms with van der Waals surface area (Å²) in [5, 5.41) is 13.9. The van der Waals surface area contributed by atoms with Crippen LogP contribution < -0.4 is 15.0 Å². The molecule has 0 aliphatic carbocycles. The van der Waals surface area contributed by atoms with Gasteiger partial charge in [0.25, 0.3) is 11.6 Å². The number of hydrogen-bond donors (Lipinski definition) is 1. The molecule has 8 heteroatoms. The van der Waals surface area contributed by atoms with Crippen LogP contribution >= 0.6 is 0 Å². The smallest absolute Gasteiger partial charge is 0.273 e. The van der Waals surface area contributed by atoms with E-state index in [-0.39, 0.29) is 29.6 Å². The highest BCUT2D eigenvalue weighted by Crippen LogP contribution is 2.25. The number of rotatable bonds is 6. The molecule has 1 aliphatic heterocycles. The summed E-state index contributed by atoms with van der Waals surface area (Å²) in [6.45, 7) is 4.41. The van der Waals surface area contributed by atoms with Crippen LogP contribution in [0.15, 0.2) is 42.5 Å². The summed E-state index contributed by atoms with van der Waals surface area (Å²) < 4.78 is 5.40. The lowest BCUT2D eigenvalue weighted by Crippen LogP contribution is -2.37. The van der Waals surface area contributed by atoms with Gasteiger partial charge in [0.1, 0.15) is 5.75 Å². The van der Waals surface area contributed by atoms with E-state index in [1.165, 1.54) is 6.07 Å². The number of hydrogen-bond acceptors (Lipinski definition) is 5. The molecule has 0 saturated carbocycles. The fourth-order valence-electron chi connectivity index (χ4n) is 3.16. The van der Waals surface area contributed by atoms with Crippen LogP contribution in [0.1, 0.15) is 29.3 Å². The van der Waals surface area contributed by atoms with Gasteiger partial charge in [-0.25, -0.2) is 0 Å². The van der Waals surface area contributed by atoms with Crippen molar-refractivity contribution in [1.82, 2.24) is 5.32 Å². The van der Waals surface area contributed by atoms with E-state index in [0.29, 0.717) is 18.7 Å². The Morgan fingerprint density at radius 3 is 2.64 bits per heavy atom. The number of aryl methyl sites for hydroxylation is 1. The van der Waals surface area contributed by atoms with Crippen LogP contribution in [-0.4, -0.2) is 35.9 Å². The predicted molar refractivity (Wildman–Crippen MR) is 104 cm³/mol. The van der Waals surface area contributed by atoms with E-state index >= 15 is 0 Å². The standard InChI is InChI=1S/C20H21N3O5/c1-3-28-17-8-6-16(7-9-17)22-12-15(11-19(22)24)21-20(25)14-5-4-13(2)18(10-14)23(26)27/h4-10,15H,3,11-12H2,1-2H3,(H,21,25)/t15-/m0/s1. The van der Waals surface area contributed by atoms with Crippen LogP contribution in [0.5, 0.6) is 5.75 Å². The van der Waals surface area contributed by atoms with Gasteiger partial charge in [-0.05, 0) is 44.2 Å². The Kier molecular flexibility index (Phi) is 5.58. The first kappa shape index (κ1) is 19.3. The Bertz CT molecular complexity index is 911. The van der Waals surface area contributed by atoms with E-state index in [2.05, 4.69) is 5.32 Å². The molecule has 3 rings (SSSR count). The fraction of sp³-hybridized carbons (Fsp3) is 0.300. The molecule has 1 aliphatic rings. The first-order chi connectivity index (χ1) is 13.4. The Labute approximate surface area is 162 Å². The molecule has 1 N–H and O–H groups in total. The Balaban J connectivity index is 1.68. The van der Waals surface area contributed by atoms with Gasteiger partial charge in [0, 0.05) is 35.8 Å². The van der Waals surface area contributed by atoms with Gasteiger partial charge in [-0.15, -0.1) is 0 Å². The van der Waals surface area contributed by atoms with Crippen LogP contribution in [-0.2, 0) is 4.79 Å². The van der Waals surface area contributed by atoms with Crippen LogP contribution in [0.3, 0.4) is 0 Å². The zero-order valence-electron chi connectivity index (χ0n) is 15.7. The van der Waals surface area contributed by atoms with Crippen molar-refractivity contribution < 1.29 is 19.2 Å². The number of nitrogens with one attached hydrogen (secondary N) is 1. The molecule has 2 amide bonds. The van der Waals surface area contributed by atoms with Gasteiger partial charge in [0.2, 0.25) is 5.91 Å². The molecule has 2 aromatic rings. The van der Waals surface area contributed by atoms with Gasteiger partial charge in [-0.1, -0.05) is 6.07 Å². The van der Waals surface area contributed by atoms with E-state index < -0.39 is 10.8 Å². The number of nitro benzene ring substituents is 1. The average Bonchev–Trinajstić information content (AvgIpc) is 3.02. The molecule has 1 atom stereocenters. The van der Waals surface area contributed by atoms with Crippen molar-refractivity contribution in [1.29, 1.82) is 0 Å². The number of nitro groups is 1. The van der Waals surface area contributed by atoms with Gasteiger partial charge in [-0.2, -0.15) is 0 Å². The van der Waals surface area contributed by atoms with Crippen molar-refractivity contribution in [3.8, 4) is 5.75 Å². The molecular weight excluding hydrogens is 362 g/mol. The summed E-state index contributed by atoms with van der Waals surface area (Å²) >= 11 is 0. The molecule has 1 heterocycles. The molecular formula is C20H21N3O5. The zero-order chi connectivity index (χ0) is 20.3. The first-order valence-corrected chi connectivity index (χ1v) is 8.98. The molecule has 0 radical (unpaired) electrons. The molecule has 1 fully saturated rings. The van der Waals surface area contributed by atoms with Crippen LogP contribution in [0.2, 0.25) is 0 Å². The largest absolute Gasteiger partial charge is 0.494 e. The summed E-state index contributed by atoms with van der Waals surface area (Å²) in [4.78, 5) is 37.0. The van der Waals surface area contributed by atoms with Crippen molar-refractivity contribution in [2.24, 2.45) is 0 Å². The van der Waals surface area contributed by atoms with Crippen molar-refractivity contribution in [2.45, 2.75) is 26.3 Å². The lowest BCUT2D eigenvalue weighted by molar-refractivity contribution is -0.385. The van der Waals surface area contributed by atoms with Crippen molar-refractivity contribution in [2.75, 3.05) is 18.1 Å². The second-order valence-electron chi connectivity index (χ2n) is 6.56. The van der Waals surface area contributed by atoms with Crippen LogP contribution in [0.4, 0.5) is 11.4 Å². The monoisotopic (exact) mass is 383 g/mol. The molecule has 1 saturated heterocycles. The summed E-state index contributed by atoms with van der Waals surface area (Å²) in [5.41, 5.74) is 1.31. The van der Waals surface area contributed by atoms with Gasteiger partial charge < -0.3 is 15.0 Å². The third kappa shape index (κ3) is 4.11. The number of anilines is 1.